The maximum atomic E-state index is 3.55. The standard InChI is InChI=1S/C13H23NS/c1-10-6-7-15-12(10)9-14-8-11(2)13(3,4)5/h6-7,11,14H,8-9H2,1-5H3. The van der Waals surface area contributed by atoms with Crippen molar-refractivity contribution >= 4 is 11.3 Å². The summed E-state index contributed by atoms with van der Waals surface area (Å²) >= 11 is 1.85. The molecule has 1 N–H and O–H groups in total. The molecular formula is C13H23NS. The number of hydrogen-bond donors (Lipinski definition) is 1. The Morgan fingerprint density at radius 1 is 1.40 bits per heavy atom. The summed E-state index contributed by atoms with van der Waals surface area (Å²) < 4.78 is 0. The van der Waals surface area contributed by atoms with Crippen molar-refractivity contribution in [1.82, 2.24) is 5.32 Å². The molecule has 0 aliphatic heterocycles. The molecule has 1 aromatic heterocycles. The van der Waals surface area contributed by atoms with Crippen LogP contribution in [0.1, 0.15) is 38.1 Å². The van der Waals surface area contributed by atoms with Gasteiger partial charge in [0.15, 0.2) is 0 Å². The van der Waals surface area contributed by atoms with Gasteiger partial charge in [-0.05, 0) is 41.8 Å². The van der Waals surface area contributed by atoms with Gasteiger partial charge < -0.3 is 5.32 Å². The summed E-state index contributed by atoms with van der Waals surface area (Å²) in [5.41, 5.74) is 1.81. The molecule has 1 aromatic rings. The minimum absolute atomic E-state index is 0.400. The molecule has 1 rings (SSSR count). The van der Waals surface area contributed by atoms with E-state index in [-0.39, 0.29) is 0 Å². The van der Waals surface area contributed by atoms with Crippen LogP contribution in [0.4, 0.5) is 0 Å². The van der Waals surface area contributed by atoms with E-state index in [1.165, 1.54) is 10.4 Å². The number of thiophene rings is 1. The molecule has 0 aromatic carbocycles. The third-order valence-electron chi connectivity index (χ3n) is 3.18. The van der Waals surface area contributed by atoms with E-state index < -0.39 is 0 Å². The lowest BCUT2D eigenvalue weighted by Gasteiger charge is -2.27. The normalized spacial score (nSPS) is 14.2. The van der Waals surface area contributed by atoms with Crippen LogP contribution in [0.25, 0.3) is 0 Å². The maximum absolute atomic E-state index is 3.55. The fraction of sp³-hybridized carbons (Fsp3) is 0.692. The Morgan fingerprint density at radius 2 is 2.07 bits per heavy atom. The molecule has 0 saturated heterocycles. The molecule has 0 radical (unpaired) electrons. The molecule has 1 unspecified atom stereocenters. The summed E-state index contributed by atoms with van der Waals surface area (Å²) in [6.07, 6.45) is 0. The van der Waals surface area contributed by atoms with E-state index >= 15 is 0 Å². The van der Waals surface area contributed by atoms with E-state index in [2.05, 4.69) is 51.4 Å². The molecule has 0 saturated carbocycles. The highest BCUT2D eigenvalue weighted by atomic mass is 32.1. The summed E-state index contributed by atoms with van der Waals surface area (Å²) in [5, 5.41) is 5.71. The first-order chi connectivity index (χ1) is 6.91. The van der Waals surface area contributed by atoms with Crippen molar-refractivity contribution < 1.29 is 0 Å². The van der Waals surface area contributed by atoms with Crippen molar-refractivity contribution in [2.75, 3.05) is 6.54 Å². The van der Waals surface area contributed by atoms with Gasteiger partial charge in [0.25, 0.3) is 0 Å². The molecule has 2 heteroatoms. The van der Waals surface area contributed by atoms with E-state index in [0.29, 0.717) is 11.3 Å². The van der Waals surface area contributed by atoms with Crippen LogP contribution in [0.2, 0.25) is 0 Å². The third kappa shape index (κ3) is 3.96. The first-order valence-corrected chi connectivity index (χ1v) is 6.53. The lowest BCUT2D eigenvalue weighted by atomic mass is 9.82. The molecule has 0 aliphatic rings. The number of aryl methyl sites for hydroxylation is 1. The van der Waals surface area contributed by atoms with Crippen LogP contribution in [0.15, 0.2) is 11.4 Å². The van der Waals surface area contributed by atoms with Gasteiger partial charge in [-0.1, -0.05) is 27.7 Å². The molecule has 0 fully saturated rings. The van der Waals surface area contributed by atoms with Gasteiger partial charge in [-0.25, -0.2) is 0 Å². The van der Waals surface area contributed by atoms with E-state index in [9.17, 15) is 0 Å². The van der Waals surface area contributed by atoms with Crippen LogP contribution in [0.5, 0.6) is 0 Å². The van der Waals surface area contributed by atoms with Gasteiger partial charge in [-0.2, -0.15) is 0 Å². The third-order valence-corrected chi connectivity index (χ3v) is 4.21. The van der Waals surface area contributed by atoms with Crippen molar-refractivity contribution in [2.45, 2.75) is 41.2 Å². The van der Waals surface area contributed by atoms with Crippen LogP contribution in [-0.4, -0.2) is 6.54 Å². The van der Waals surface area contributed by atoms with Gasteiger partial charge in [0.1, 0.15) is 0 Å². The van der Waals surface area contributed by atoms with Crippen LogP contribution in [0.3, 0.4) is 0 Å². The molecule has 1 heterocycles. The van der Waals surface area contributed by atoms with Crippen LogP contribution in [0, 0.1) is 18.3 Å². The zero-order valence-electron chi connectivity index (χ0n) is 10.6. The maximum Gasteiger partial charge on any atom is 0.0302 e. The monoisotopic (exact) mass is 225 g/mol. The highest BCUT2D eigenvalue weighted by molar-refractivity contribution is 7.10. The van der Waals surface area contributed by atoms with Gasteiger partial charge >= 0.3 is 0 Å². The summed E-state index contributed by atoms with van der Waals surface area (Å²) in [7, 11) is 0. The summed E-state index contributed by atoms with van der Waals surface area (Å²) in [6, 6.07) is 2.19. The Bertz CT molecular complexity index is 296. The molecule has 86 valence electrons. The molecule has 0 amide bonds. The molecule has 0 spiro atoms. The summed E-state index contributed by atoms with van der Waals surface area (Å²) in [6.45, 7) is 13.5. The molecule has 1 nitrogen and oxygen atoms in total. The van der Waals surface area contributed by atoms with Crippen molar-refractivity contribution in [3.63, 3.8) is 0 Å². The number of nitrogens with one attached hydrogen (secondary N) is 1. The average molecular weight is 225 g/mol. The van der Waals surface area contributed by atoms with Crippen LogP contribution < -0.4 is 5.32 Å². The van der Waals surface area contributed by atoms with Crippen LogP contribution in [-0.2, 0) is 6.54 Å². The van der Waals surface area contributed by atoms with Gasteiger partial charge in [0.05, 0.1) is 0 Å². The Kier molecular flexibility index (Phi) is 4.35. The lowest BCUT2D eigenvalue weighted by molar-refractivity contribution is 0.253. The quantitative estimate of drug-likeness (QED) is 0.821. The Morgan fingerprint density at radius 3 is 2.53 bits per heavy atom. The molecule has 0 bridgehead atoms. The van der Waals surface area contributed by atoms with Crippen molar-refractivity contribution in [1.29, 1.82) is 0 Å². The first kappa shape index (κ1) is 12.7. The predicted molar refractivity (Wildman–Crippen MR) is 69.4 cm³/mol. The number of rotatable bonds is 4. The Balaban J connectivity index is 2.31. The van der Waals surface area contributed by atoms with Crippen molar-refractivity contribution in [2.24, 2.45) is 11.3 Å². The molecule has 0 aliphatic carbocycles. The minimum Gasteiger partial charge on any atom is -0.312 e. The number of hydrogen-bond acceptors (Lipinski definition) is 2. The second kappa shape index (κ2) is 5.13. The zero-order chi connectivity index (χ0) is 11.5. The fourth-order valence-electron chi connectivity index (χ4n) is 1.29. The molecular weight excluding hydrogens is 202 g/mol. The topological polar surface area (TPSA) is 12.0 Å². The first-order valence-electron chi connectivity index (χ1n) is 5.65. The average Bonchev–Trinajstić information content (AvgIpc) is 2.50. The van der Waals surface area contributed by atoms with E-state index in [0.717, 1.165) is 13.1 Å². The highest BCUT2D eigenvalue weighted by Gasteiger charge is 2.19. The van der Waals surface area contributed by atoms with Gasteiger partial charge in [-0.3, -0.25) is 0 Å². The SMILES string of the molecule is Cc1ccsc1CNCC(C)C(C)(C)C. The van der Waals surface area contributed by atoms with Gasteiger partial charge in [0, 0.05) is 11.4 Å². The second-order valence-electron chi connectivity index (χ2n) is 5.42. The molecule has 15 heavy (non-hydrogen) atoms. The Labute approximate surface area is 97.9 Å². The van der Waals surface area contributed by atoms with Gasteiger partial charge in [0.2, 0.25) is 0 Å². The van der Waals surface area contributed by atoms with E-state index in [1.54, 1.807) is 0 Å². The van der Waals surface area contributed by atoms with E-state index in [1.807, 2.05) is 11.3 Å². The summed E-state index contributed by atoms with van der Waals surface area (Å²) in [4.78, 5) is 1.47. The van der Waals surface area contributed by atoms with E-state index in [4.69, 9.17) is 0 Å². The predicted octanol–water partition coefficient (Wildman–Crippen LogP) is 3.83. The summed E-state index contributed by atoms with van der Waals surface area (Å²) in [5.74, 6) is 0.706. The zero-order valence-corrected chi connectivity index (χ0v) is 11.4. The largest absolute Gasteiger partial charge is 0.312 e. The second-order valence-corrected chi connectivity index (χ2v) is 6.43. The highest BCUT2D eigenvalue weighted by Crippen LogP contribution is 2.24. The smallest absolute Gasteiger partial charge is 0.0302 e. The Hall–Kier alpha value is -0.340. The fourth-order valence-corrected chi connectivity index (χ4v) is 2.17. The minimum atomic E-state index is 0.400. The van der Waals surface area contributed by atoms with Crippen molar-refractivity contribution in [3.8, 4) is 0 Å². The van der Waals surface area contributed by atoms with Crippen molar-refractivity contribution in [3.05, 3.63) is 21.9 Å². The molecule has 1 atom stereocenters. The van der Waals surface area contributed by atoms with Crippen LogP contribution >= 0.6 is 11.3 Å². The lowest BCUT2D eigenvalue weighted by Crippen LogP contribution is -2.29. The van der Waals surface area contributed by atoms with Gasteiger partial charge in [-0.15, -0.1) is 11.3 Å².